The Kier molecular flexibility index (Phi) is 4.28. The Balaban J connectivity index is 2.03. The summed E-state index contributed by atoms with van der Waals surface area (Å²) >= 11 is 0. The van der Waals surface area contributed by atoms with Gasteiger partial charge in [0.2, 0.25) is 5.91 Å². The lowest BCUT2D eigenvalue weighted by Crippen LogP contribution is -2.58. The summed E-state index contributed by atoms with van der Waals surface area (Å²) in [5, 5.41) is 3.34. The molecule has 4 nitrogen and oxygen atoms in total. The number of piperazine rings is 1. The molecule has 4 atom stereocenters. The van der Waals surface area contributed by atoms with Gasteiger partial charge in [0.1, 0.15) is 0 Å². The van der Waals surface area contributed by atoms with Gasteiger partial charge in [-0.1, -0.05) is 0 Å². The number of carbonyl (C=O) groups is 1. The average Bonchev–Trinajstić information content (AvgIpc) is 2.68. The van der Waals surface area contributed by atoms with Gasteiger partial charge in [0.05, 0.1) is 6.04 Å². The van der Waals surface area contributed by atoms with Crippen LogP contribution in [-0.4, -0.2) is 59.5 Å². The lowest BCUT2D eigenvalue weighted by atomic mass is 10.1. The van der Waals surface area contributed by atoms with Crippen LogP contribution in [0.15, 0.2) is 0 Å². The van der Waals surface area contributed by atoms with Crippen LogP contribution in [0, 0.1) is 0 Å². The third-order valence-corrected chi connectivity index (χ3v) is 4.61. The summed E-state index contributed by atoms with van der Waals surface area (Å²) in [6, 6.07) is 1.43. The van der Waals surface area contributed by atoms with Crippen molar-refractivity contribution in [2.75, 3.05) is 19.6 Å². The molecule has 2 fully saturated rings. The van der Waals surface area contributed by atoms with Gasteiger partial charge < -0.3 is 10.2 Å². The van der Waals surface area contributed by atoms with E-state index >= 15 is 0 Å². The first-order valence-corrected chi connectivity index (χ1v) is 7.31. The predicted octanol–water partition coefficient (Wildman–Crippen LogP) is 1.07. The van der Waals surface area contributed by atoms with E-state index in [0.717, 1.165) is 19.6 Å². The maximum Gasteiger partial charge on any atom is 0.239 e. The standard InChI is InChI=1S/C14H27N3O/c1-10-5-6-11(2)17(10)13(4)14(18)16-8-7-15-9-12(16)3/h10-13,15H,5-9H2,1-4H3. The summed E-state index contributed by atoms with van der Waals surface area (Å²) in [5.41, 5.74) is 0. The predicted molar refractivity (Wildman–Crippen MR) is 73.5 cm³/mol. The largest absolute Gasteiger partial charge is 0.336 e. The normalized spacial score (nSPS) is 35.8. The van der Waals surface area contributed by atoms with Crippen molar-refractivity contribution in [2.24, 2.45) is 0 Å². The zero-order valence-corrected chi connectivity index (χ0v) is 12.1. The highest BCUT2D eigenvalue weighted by Crippen LogP contribution is 2.26. The van der Waals surface area contributed by atoms with Gasteiger partial charge in [0, 0.05) is 37.8 Å². The molecular formula is C14H27N3O. The van der Waals surface area contributed by atoms with Crippen molar-refractivity contribution < 1.29 is 4.79 Å². The summed E-state index contributed by atoms with van der Waals surface area (Å²) < 4.78 is 0. The second-order valence-electron chi connectivity index (χ2n) is 5.98. The van der Waals surface area contributed by atoms with E-state index in [1.54, 1.807) is 0 Å². The van der Waals surface area contributed by atoms with Crippen molar-refractivity contribution in [3.05, 3.63) is 0 Å². The first kappa shape index (κ1) is 13.8. The second-order valence-corrected chi connectivity index (χ2v) is 5.98. The van der Waals surface area contributed by atoms with Crippen molar-refractivity contribution in [3.8, 4) is 0 Å². The minimum Gasteiger partial charge on any atom is -0.336 e. The summed E-state index contributed by atoms with van der Waals surface area (Å²) in [6.45, 7) is 11.4. The van der Waals surface area contributed by atoms with Gasteiger partial charge in [0.15, 0.2) is 0 Å². The molecule has 4 heteroatoms. The molecule has 104 valence electrons. The summed E-state index contributed by atoms with van der Waals surface area (Å²) in [4.78, 5) is 17.1. The average molecular weight is 253 g/mol. The molecule has 0 saturated carbocycles. The number of nitrogens with one attached hydrogen (secondary N) is 1. The molecule has 18 heavy (non-hydrogen) atoms. The molecule has 0 radical (unpaired) electrons. The van der Waals surface area contributed by atoms with Crippen LogP contribution in [0.3, 0.4) is 0 Å². The van der Waals surface area contributed by atoms with Crippen LogP contribution in [0.1, 0.15) is 40.5 Å². The minimum absolute atomic E-state index is 0.0260. The van der Waals surface area contributed by atoms with Crippen LogP contribution in [0.4, 0.5) is 0 Å². The monoisotopic (exact) mass is 253 g/mol. The fourth-order valence-electron chi connectivity index (χ4n) is 3.51. The molecule has 0 bridgehead atoms. The highest BCUT2D eigenvalue weighted by atomic mass is 16.2. The molecule has 0 aromatic heterocycles. The van der Waals surface area contributed by atoms with E-state index in [4.69, 9.17) is 0 Å². The van der Waals surface area contributed by atoms with Gasteiger partial charge in [-0.2, -0.15) is 0 Å². The van der Waals surface area contributed by atoms with Crippen LogP contribution in [0.5, 0.6) is 0 Å². The SMILES string of the molecule is CC1CNCCN1C(=O)C(C)N1C(C)CCC1C. The Morgan fingerprint density at radius 1 is 1.17 bits per heavy atom. The third kappa shape index (κ3) is 2.54. The van der Waals surface area contributed by atoms with Crippen LogP contribution in [0.25, 0.3) is 0 Å². The number of nitrogens with zero attached hydrogens (tertiary/aromatic N) is 2. The molecule has 1 N–H and O–H groups in total. The zero-order chi connectivity index (χ0) is 13.3. The topological polar surface area (TPSA) is 35.6 Å². The molecule has 2 rings (SSSR count). The molecule has 0 aromatic rings. The third-order valence-electron chi connectivity index (χ3n) is 4.61. The van der Waals surface area contributed by atoms with Crippen LogP contribution in [0.2, 0.25) is 0 Å². The molecule has 2 saturated heterocycles. The van der Waals surface area contributed by atoms with E-state index in [1.165, 1.54) is 12.8 Å². The molecule has 1 amide bonds. The number of likely N-dealkylation sites (tertiary alicyclic amines) is 1. The molecule has 0 aliphatic carbocycles. The van der Waals surface area contributed by atoms with Crippen molar-refractivity contribution in [3.63, 3.8) is 0 Å². The van der Waals surface area contributed by atoms with Crippen LogP contribution >= 0.6 is 0 Å². The molecule has 0 spiro atoms. The van der Waals surface area contributed by atoms with Crippen molar-refractivity contribution in [1.82, 2.24) is 15.1 Å². The van der Waals surface area contributed by atoms with E-state index in [0.29, 0.717) is 24.0 Å². The van der Waals surface area contributed by atoms with E-state index in [1.807, 2.05) is 0 Å². The van der Waals surface area contributed by atoms with Crippen molar-refractivity contribution in [1.29, 1.82) is 0 Å². The van der Waals surface area contributed by atoms with Crippen LogP contribution < -0.4 is 5.32 Å². The van der Waals surface area contributed by atoms with Gasteiger partial charge in [-0.25, -0.2) is 0 Å². The van der Waals surface area contributed by atoms with E-state index in [2.05, 4.69) is 42.8 Å². The highest BCUT2D eigenvalue weighted by molar-refractivity contribution is 5.82. The quantitative estimate of drug-likeness (QED) is 0.799. The molecule has 2 aliphatic rings. The Hall–Kier alpha value is -0.610. The zero-order valence-electron chi connectivity index (χ0n) is 12.1. The van der Waals surface area contributed by atoms with E-state index in [-0.39, 0.29) is 6.04 Å². The fraction of sp³-hybridized carbons (Fsp3) is 0.929. The van der Waals surface area contributed by atoms with Crippen LogP contribution in [-0.2, 0) is 4.79 Å². The molecule has 0 aromatic carbocycles. The number of hydrogen-bond donors (Lipinski definition) is 1. The Morgan fingerprint density at radius 3 is 2.33 bits per heavy atom. The first-order valence-electron chi connectivity index (χ1n) is 7.31. The molecule has 2 aliphatic heterocycles. The number of rotatable bonds is 2. The van der Waals surface area contributed by atoms with Crippen molar-refractivity contribution in [2.45, 2.75) is 64.7 Å². The van der Waals surface area contributed by atoms with Gasteiger partial charge >= 0.3 is 0 Å². The first-order chi connectivity index (χ1) is 8.52. The van der Waals surface area contributed by atoms with Crippen molar-refractivity contribution >= 4 is 5.91 Å². The number of amides is 1. The van der Waals surface area contributed by atoms with Gasteiger partial charge in [0.25, 0.3) is 0 Å². The Bertz CT molecular complexity index is 297. The minimum atomic E-state index is 0.0260. The summed E-state index contributed by atoms with van der Waals surface area (Å²) in [6.07, 6.45) is 2.44. The summed E-state index contributed by atoms with van der Waals surface area (Å²) in [7, 11) is 0. The Labute approximate surface area is 111 Å². The molecule has 2 heterocycles. The fourth-order valence-corrected chi connectivity index (χ4v) is 3.51. The maximum absolute atomic E-state index is 12.6. The lowest BCUT2D eigenvalue weighted by Gasteiger charge is -2.39. The molecular weight excluding hydrogens is 226 g/mol. The summed E-state index contributed by atoms with van der Waals surface area (Å²) in [5.74, 6) is 0.310. The van der Waals surface area contributed by atoms with E-state index in [9.17, 15) is 4.79 Å². The Morgan fingerprint density at radius 2 is 1.78 bits per heavy atom. The number of hydrogen-bond acceptors (Lipinski definition) is 3. The smallest absolute Gasteiger partial charge is 0.239 e. The van der Waals surface area contributed by atoms with E-state index < -0.39 is 0 Å². The maximum atomic E-state index is 12.6. The van der Waals surface area contributed by atoms with Gasteiger partial charge in [-0.15, -0.1) is 0 Å². The second kappa shape index (κ2) is 5.57. The van der Waals surface area contributed by atoms with Gasteiger partial charge in [-0.3, -0.25) is 9.69 Å². The lowest BCUT2D eigenvalue weighted by molar-refractivity contribution is -0.140. The van der Waals surface area contributed by atoms with Gasteiger partial charge in [-0.05, 0) is 40.5 Å². The number of carbonyl (C=O) groups excluding carboxylic acids is 1. The highest BCUT2D eigenvalue weighted by Gasteiger charge is 2.37. The molecule has 4 unspecified atom stereocenters.